The fourth-order valence-corrected chi connectivity index (χ4v) is 3.67. The molecule has 0 unspecified atom stereocenters. The van der Waals surface area contributed by atoms with Crippen LogP contribution < -0.4 is 10.2 Å². The zero-order valence-corrected chi connectivity index (χ0v) is 18.5. The standard InChI is InChI=1S/C23H28ClN5O/c1-23(2,3)15-27-22-21-17(6-7-25-22)14-26-20(28-21)12-16-4-5-18(13-19(16)24)29-8-10-30-11-9-29/h4-7,13-14H,8-12,15H2,1-3H3,(H,25,27). The molecule has 1 N–H and O–H groups in total. The van der Waals surface area contributed by atoms with Crippen LogP contribution in [0.4, 0.5) is 11.5 Å². The highest BCUT2D eigenvalue weighted by molar-refractivity contribution is 6.31. The molecule has 4 rings (SSSR count). The van der Waals surface area contributed by atoms with E-state index in [9.17, 15) is 0 Å². The number of fused-ring (bicyclic) bond motifs is 1. The zero-order chi connectivity index (χ0) is 21.1. The normalized spacial score (nSPS) is 14.9. The predicted molar refractivity (Wildman–Crippen MR) is 123 cm³/mol. The molecule has 0 aliphatic carbocycles. The third-order valence-electron chi connectivity index (χ3n) is 5.10. The molecule has 0 radical (unpaired) electrons. The summed E-state index contributed by atoms with van der Waals surface area (Å²) in [7, 11) is 0. The lowest BCUT2D eigenvalue weighted by atomic mass is 9.97. The summed E-state index contributed by atoms with van der Waals surface area (Å²) in [6, 6.07) is 8.15. The number of anilines is 2. The number of halogens is 1. The van der Waals surface area contributed by atoms with Crippen molar-refractivity contribution < 1.29 is 4.74 Å². The number of hydrogen-bond acceptors (Lipinski definition) is 6. The van der Waals surface area contributed by atoms with E-state index >= 15 is 0 Å². The Bertz CT molecular complexity index is 1030. The number of ether oxygens (including phenoxy) is 1. The highest BCUT2D eigenvalue weighted by atomic mass is 35.5. The first kappa shape index (κ1) is 20.8. The molecule has 1 fully saturated rings. The first-order valence-electron chi connectivity index (χ1n) is 10.3. The van der Waals surface area contributed by atoms with Crippen molar-refractivity contribution in [1.29, 1.82) is 0 Å². The van der Waals surface area contributed by atoms with Crippen LogP contribution in [0.1, 0.15) is 32.2 Å². The van der Waals surface area contributed by atoms with Crippen molar-refractivity contribution in [1.82, 2.24) is 15.0 Å². The van der Waals surface area contributed by atoms with E-state index in [1.54, 1.807) is 6.20 Å². The molecule has 30 heavy (non-hydrogen) atoms. The van der Waals surface area contributed by atoms with E-state index in [-0.39, 0.29) is 5.41 Å². The van der Waals surface area contributed by atoms with E-state index in [1.807, 2.05) is 18.3 Å². The fourth-order valence-electron chi connectivity index (χ4n) is 3.42. The summed E-state index contributed by atoms with van der Waals surface area (Å²) >= 11 is 6.61. The van der Waals surface area contributed by atoms with E-state index in [4.69, 9.17) is 21.3 Å². The van der Waals surface area contributed by atoms with Crippen molar-refractivity contribution in [3.63, 3.8) is 0 Å². The van der Waals surface area contributed by atoms with Gasteiger partial charge in [0.2, 0.25) is 0 Å². The molecular weight excluding hydrogens is 398 g/mol. The van der Waals surface area contributed by atoms with Gasteiger partial charge in [-0.05, 0) is 29.2 Å². The van der Waals surface area contributed by atoms with E-state index < -0.39 is 0 Å². The molecule has 158 valence electrons. The van der Waals surface area contributed by atoms with Crippen molar-refractivity contribution in [2.45, 2.75) is 27.2 Å². The summed E-state index contributed by atoms with van der Waals surface area (Å²) in [4.78, 5) is 16.1. The molecule has 0 atom stereocenters. The molecule has 3 heterocycles. The summed E-state index contributed by atoms with van der Waals surface area (Å²) in [6.45, 7) is 10.7. The summed E-state index contributed by atoms with van der Waals surface area (Å²) < 4.78 is 5.43. The van der Waals surface area contributed by atoms with Crippen molar-refractivity contribution in [3.8, 4) is 0 Å². The average Bonchev–Trinajstić information content (AvgIpc) is 2.73. The molecule has 6 nitrogen and oxygen atoms in total. The average molecular weight is 426 g/mol. The lowest BCUT2D eigenvalue weighted by Crippen LogP contribution is -2.36. The molecule has 0 amide bonds. The fraction of sp³-hybridized carbons (Fsp3) is 0.435. The van der Waals surface area contributed by atoms with Gasteiger partial charge in [0.05, 0.1) is 13.2 Å². The minimum absolute atomic E-state index is 0.148. The summed E-state index contributed by atoms with van der Waals surface area (Å²) in [6.07, 6.45) is 4.22. The van der Waals surface area contributed by atoms with Crippen LogP contribution in [0, 0.1) is 5.41 Å². The van der Waals surface area contributed by atoms with Gasteiger partial charge in [0.15, 0.2) is 5.82 Å². The quantitative estimate of drug-likeness (QED) is 0.646. The Hall–Kier alpha value is -2.44. The number of rotatable bonds is 5. The third kappa shape index (κ3) is 4.99. The van der Waals surface area contributed by atoms with Gasteiger partial charge < -0.3 is 15.0 Å². The van der Waals surface area contributed by atoms with Crippen LogP contribution in [0.25, 0.3) is 10.9 Å². The Kier molecular flexibility index (Phi) is 6.06. The van der Waals surface area contributed by atoms with Gasteiger partial charge in [-0.2, -0.15) is 0 Å². The molecule has 2 aromatic heterocycles. The van der Waals surface area contributed by atoms with E-state index in [0.717, 1.165) is 71.7 Å². The number of morpholine rings is 1. The van der Waals surface area contributed by atoms with Crippen molar-refractivity contribution >= 4 is 34.0 Å². The van der Waals surface area contributed by atoms with Gasteiger partial charge in [-0.15, -0.1) is 0 Å². The number of benzene rings is 1. The highest BCUT2D eigenvalue weighted by Gasteiger charge is 2.15. The van der Waals surface area contributed by atoms with Gasteiger partial charge in [-0.25, -0.2) is 15.0 Å². The first-order chi connectivity index (χ1) is 14.4. The number of nitrogens with zero attached hydrogens (tertiary/aromatic N) is 4. The van der Waals surface area contributed by atoms with Crippen LogP contribution in [-0.4, -0.2) is 47.8 Å². The Balaban J connectivity index is 1.56. The molecule has 1 aliphatic rings. The third-order valence-corrected chi connectivity index (χ3v) is 5.45. The summed E-state index contributed by atoms with van der Waals surface area (Å²) in [5.41, 5.74) is 3.13. The topological polar surface area (TPSA) is 63.2 Å². The van der Waals surface area contributed by atoms with Crippen LogP contribution in [0.5, 0.6) is 0 Å². The maximum atomic E-state index is 6.61. The van der Waals surface area contributed by atoms with Crippen LogP contribution in [0.3, 0.4) is 0 Å². The largest absolute Gasteiger partial charge is 0.378 e. The van der Waals surface area contributed by atoms with E-state index in [1.165, 1.54) is 0 Å². The summed E-state index contributed by atoms with van der Waals surface area (Å²) in [5.74, 6) is 1.52. The molecule has 0 saturated carbocycles. The number of pyridine rings is 1. The van der Waals surface area contributed by atoms with Gasteiger partial charge in [0.1, 0.15) is 11.3 Å². The Morgan fingerprint density at radius 3 is 2.67 bits per heavy atom. The van der Waals surface area contributed by atoms with Gasteiger partial charge in [0.25, 0.3) is 0 Å². The molecule has 0 bridgehead atoms. The molecule has 1 aromatic carbocycles. The lowest BCUT2D eigenvalue weighted by molar-refractivity contribution is 0.122. The number of aromatic nitrogens is 3. The minimum atomic E-state index is 0.148. The van der Waals surface area contributed by atoms with E-state index in [2.05, 4.69) is 53.1 Å². The Morgan fingerprint density at radius 1 is 1.13 bits per heavy atom. The molecule has 3 aromatic rings. The van der Waals surface area contributed by atoms with Crippen LogP contribution in [-0.2, 0) is 11.2 Å². The summed E-state index contributed by atoms with van der Waals surface area (Å²) in [5, 5.41) is 5.14. The first-order valence-corrected chi connectivity index (χ1v) is 10.7. The monoisotopic (exact) mass is 425 g/mol. The smallest absolute Gasteiger partial charge is 0.152 e. The Labute approximate surface area is 182 Å². The second kappa shape index (κ2) is 8.74. The maximum absolute atomic E-state index is 6.61. The SMILES string of the molecule is CC(C)(C)CNc1nccc2cnc(Cc3ccc(N4CCOCC4)cc3Cl)nc12. The molecular formula is C23H28ClN5O. The van der Waals surface area contributed by atoms with Crippen LogP contribution >= 0.6 is 11.6 Å². The number of nitrogens with one attached hydrogen (secondary N) is 1. The van der Waals surface area contributed by atoms with Gasteiger partial charge in [-0.3, -0.25) is 0 Å². The molecule has 7 heteroatoms. The molecule has 0 spiro atoms. The maximum Gasteiger partial charge on any atom is 0.152 e. The van der Waals surface area contributed by atoms with Crippen molar-refractivity contribution in [3.05, 3.63) is 53.1 Å². The minimum Gasteiger partial charge on any atom is -0.378 e. The highest BCUT2D eigenvalue weighted by Crippen LogP contribution is 2.27. The molecule has 1 aliphatic heterocycles. The van der Waals surface area contributed by atoms with Gasteiger partial charge in [0, 0.05) is 54.5 Å². The van der Waals surface area contributed by atoms with Crippen LogP contribution in [0.2, 0.25) is 5.02 Å². The lowest BCUT2D eigenvalue weighted by Gasteiger charge is -2.29. The van der Waals surface area contributed by atoms with E-state index in [0.29, 0.717) is 6.42 Å². The van der Waals surface area contributed by atoms with Crippen molar-refractivity contribution in [2.75, 3.05) is 43.1 Å². The number of hydrogen-bond donors (Lipinski definition) is 1. The molecule has 1 saturated heterocycles. The van der Waals surface area contributed by atoms with Gasteiger partial charge in [-0.1, -0.05) is 38.4 Å². The predicted octanol–water partition coefficient (Wildman–Crippen LogP) is 4.56. The zero-order valence-electron chi connectivity index (χ0n) is 17.8. The Morgan fingerprint density at radius 2 is 1.93 bits per heavy atom. The second-order valence-electron chi connectivity index (χ2n) is 8.85. The second-order valence-corrected chi connectivity index (χ2v) is 9.26. The van der Waals surface area contributed by atoms with Gasteiger partial charge >= 0.3 is 0 Å². The van der Waals surface area contributed by atoms with Crippen molar-refractivity contribution in [2.24, 2.45) is 5.41 Å². The van der Waals surface area contributed by atoms with Crippen LogP contribution in [0.15, 0.2) is 36.7 Å².